The molecule has 6 nitrogen and oxygen atoms in total. The van der Waals surface area contributed by atoms with Gasteiger partial charge in [0.15, 0.2) is 5.16 Å². The third-order valence-corrected chi connectivity index (χ3v) is 5.02. The Kier molecular flexibility index (Phi) is 8.88. The molecule has 3 aromatic rings. The number of aromatic nitrogens is 3. The van der Waals surface area contributed by atoms with Crippen molar-refractivity contribution in [2.75, 3.05) is 20.3 Å². The van der Waals surface area contributed by atoms with Gasteiger partial charge in [-0.3, -0.25) is 9.19 Å². The molecule has 8 heteroatoms. The summed E-state index contributed by atoms with van der Waals surface area (Å²) in [6, 6.07) is 9.47. The summed E-state index contributed by atoms with van der Waals surface area (Å²) in [5.41, 5.74) is 3.35. The van der Waals surface area contributed by atoms with Crippen LogP contribution >= 0.6 is 0 Å². The SMILES string of the molecule is COCCCOc1ccnc(CS(=O)c2nc3ccccc3[nH]2)c1C.[H-].[K+]. The van der Waals surface area contributed by atoms with Crippen LogP contribution in [0.25, 0.3) is 11.0 Å². The topological polar surface area (TPSA) is 77.1 Å². The Hall–Kier alpha value is -0.614. The average molecular weight is 400 g/mol. The molecular weight excluding hydrogens is 377 g/mol. The number of ether oxygens (including phenoxy) is 2. The van der Waals surface area contributed by atoms with Crippen LogP contribution in [0.2, 0.25) is 0 Å². The zero-order chi connectivity index (χ0) is 17.6. The van der Waals surface area contributed by atoms with Gasteiger partial charge in [-0.1, -0.05) is 12.1 Å². The molecule has 0 spiro atoms. The van der Waals surface area contributed by atoms with Crippen LogP contribution in [-0.2, 0) is 21.3 Å². The Morgan fingerprint density at radius 1 is 1.23 bits per heavy atom. The molecule has 0 aliphatic heterocycles. The van der Waals surface area contributed by atoms with Crippen LogP contribution in [-0.4, -0.2) is 39.5 Å². The standard InChI is InChI=1S/C18H21N3O3S.K.H/c1-13-16(19-9-8-17(13)24-11-5-10-23-2)12-25(22)18-20-14-6-3-4-7-15(14)21-18;;/h3-4,6-9H,5,10-12H2,1-2H3,(H,20,21);;/q;+1;-1. The van der Waals surface area contributed by atoms with E-state index in [4.69, 9.17) is 9.47 Å². The van der Waals surface area contributed by atoms with Crippen molar-refractivity contribution in [3.8, 4) is 5.75 Å². The number of methoxy groups -OCH3 is 1. The number of imidazole rings is 1. The van der Waals surface area contributed by atoms with E-state index in [1.165, 1.54) is 0 Å². The second-order valence-corrected chi connectivity index (χ2v) is 6.99. The van der Waals surface area contributed by atoms with Crippen molar-refractivity contribution in [3.63, 3.8) is 0 Å². The molecule has 2 heterocycles. The molecule has 1 N–H and O–H groups in total. The van der Waals surface area contributed by atoms with E-state index in [-0.39, 0.29) is 52.8 Å². The van der Waals surface area contributed by atoms with Gasteiger partial charge in [0.05, 0.1) is 39.9 Å². The summed E-state index contributed by atoms with van der Waals surface area (Å²) >= 11 is 0. The van der Waals surface area contributed by atoms with Crippen LogP contribution in [0.5, 0.6) is 5.75 Å². The first-order valence-corrected chi connectivity index (χ1v) is 9.40. The normalized spacial score (nSPS) is 11.9. The molecule has 1 atom stereocenters. The third-order valence-electron chi connectivity index (χ3n) is 3.86. The summed E-state index contributed by atoms with van der Waals surface area (Å²) in [7, 11) is 0.371. The average Bonchev–Trinajstić information content (AvgIpc) is 3.06. The molecule has 1 aromatic carbocycles. The van der Waals surface area contributed by atoms with Crippen molar-refractivity contribution in [2.24, 2.45) is 0 Å². The number of pyridine rings is 1. The maximum absolute atomic E-state index is 12.7. The fraction of sp³-hybridized carbons (Fsp3) is 0.333. The number of nitrogens with zero attached hydrogens (tertiary/aromatic N) is 2. The molecule has 0 radical (unpaired) electrons. The molecule has 134 valence electrons. The zero-order valence-electron chi connectivity index (χ0n) is 16.3. The first-order chi connectivity index (χ1) is 12.2. The van der Waals surface area contributed by atoms with E-state index >= 15 is 0 Å². The van der Waals surface area contributed by atoms with Gasteiger partial charge in [0.25, 0.3) is 0 Å². The van der Waals surface area contributed by atoms with Crippen molar-refractivity contribution < 1.29 is 66.5 Å². The second kappa shape index (κ2) is 10.7. The smallest absolute Gasteiger partial charge is 1.00 e. The molecule has 0 amide bonds. The van der Waals surface area contributed by atoms with E-state index in [0.717, 1.165) is 34.5 Å². The minimum atomic E-state index is -1.30. The second-order valence-electron chi connectivity index (χ2n) is 5.62. The number of hydrogen-bond donors (Lipinski definition) is 1. The summed E-state index contributed by atoms with van der Waals surface area (Å²) in [5.74, 6) is 1.06. The van der Waals surface area contributed by atoms with Gasteiger partial charge in [-0.25, -0.2) is 4.98 Å². The molecule has 0 bridgehead atoms. The van der Waals surface area contributed by atoms with Gasteiger partial charge in [0.1, 0.15) is 5.75 Å². The third kappa shape index (κ3) is 5.45. The van der Waals surface area contributed by atoms with Gasteiger partial charge in [0, 0.05) is 31.9 Å². The molecule has 0 fully saturated rings. The predicted octanol–water partition coefficient (Wildman–Crippen LogP) is 0.106. The number of benzene rings is 1. The van der Waals surface area contributed by atoms with Crippen molar-refractivity contribution in [1.29, 1.82) is 0 Å². The number of rotatable bonds is 8. The molecular formula is C18H22KN3O3S. The minimum Gasteiger partial charge on any atom is -1.00 e. The van der Waals surface area contributed by atoms with E-state index in [1.807, 2.05) is 37.3 Å². The van der Waals surface area contributed by atoms with Crippen LogP contribution in [0.3, 0.4) is 0 Å². The van der Waals surface area contributed by atoms with Gasteiger partial charge in [0.2, 0.25) is 0 Å². The first kappa shape index (κ1) is 21.7. The van der Waals surface area contributed by atoms with E-state index in [2.05, 4.69) is 15.0 Å². The van der Waals surface area contributed by atoms with E-state index in [1.54, 1.807) is 13.3 Å². The summed E-state index contributed by atoms with van der Waals surface area (Å²) < 4.78 is 23.5. The molecule has 3 rings (SSSR count). The van der Waals surface area contributed by atoms with Crippen LogP contribution in [0.15, 0.2) is 41.7 Å². The molecule has 0 saturated heterocycles. The van der Waals surface area contributed by atoms with Gasteiger partial charge in [-0.2, -0.15) is 0 Å². The summed E-state index contributed by atoms with van der Waals surface area (Å²) in [5, 5.41) is 0.466. The molecule has 26 heavy (non-hydrogen) atoms. The van der Waals surface area contributed by atoms with Crippen LogP contribution < -0.4 is 56.1 Å². The van der Waals surface area contributed by atoms with Crippen molar-refractivity contribution in [2.45, 2.75) is 24.3 Å². The number of fused-ring (bicyclic) bond motifs is 1. The van der Waals surface area contributed by atoms with Crippen molar-refractivity contribution >= 4 is 21.8 Å². The minimum absolute atomic E-state index is 0. The molecule has 2 aromatic heterocycles. The Labute approximate surface area is 199 Å². The zero-order valence-corrected chi connectivity index (χ0v) is 19.3. The molecule has 1 unspecified atom stereocenters. The largest absolute Gasteiger partial charge is 1.00 e. The summed E-state index contributed by atoms with van der Waals surface area (Å²) in [4.78, 5) is 11.9. The molecule has 0 aliphatic carbocycles. The number of nitrogens with one attached hydrogen (secondary N) is 1. The maximum Gasteiger partial charge on any atom is 1.00 e. The monoisotopic (exact) mass is 399 g/mol. The van der Waals surface area contributed by atoms with Crippen LogP contribution in [0.1, 0.15) is 19.1 Å². The van der Waals surface area contributed by atoms with E-state index < -0.39 is 10.8 Å². The predicted molar refractivity (Wildman–Crippen MR) is 98.3 cm³/mol. The van der Waals surface area contributed by atoms with Crippen molar-refractivity contribution in [1.82, 2.24) is 15.0 Å². The van der Waals surface area contributed by atoms with Gasteiger partial charge in [-0.05, 0) is 25.1 Å². The number of aromatic amines is 1. The Bertz CT molecular complexity index is 858. The van der Waals surface area contributed by atoms with E-state index in [9.17, 15) is 4.21 Å². The Morgan fingerprint density at radius 2 is 2.04 bits per heavy atom. The fourth-order valence-corrected chi connectivity index (χ4v) is 3.58. The van der Waals surface area contributed by atoms with Gasteiger partial charge >= 0.3 is 51.4 Å². The van der Waals surface area contributed by atoms with Gasteiger partial charge in [-0.15, -0.1) is 0 Å². The van der Waals surface area contributed by atoms with Crippen LogP contribution in [0.4, 0.5) is 0 Å². The quantitative estimate of drug-likeness (QED) is 0.430. The Balaban J connectivity index is 0.00000182. The molecule has 0 aliphatic rings. The first-order valence-electron chi connectivity index (χ1n) is 8.08. The van der Waals surface area contributed by atoms with E-state index in [0.29, 0.717) is 24.1 Å². The summed E-state index contributed by atoms with van der Waals surface area (Å²) in [6.07, 6.45) is 2.50. The van der Waals surface area contributed by atoms with Crippen LogP contribution in [0, 0.1) is 6.92 Å². The number of hydrogen-bond acceptors (Lipinski definition) is 5. The fourth-order valence-electron chi connectivity index (χ4n) is 2.48. The summed E-state index contributed by atoms with van der Waals surface area (Å²) in [6.45, 7) is 3.17. The van der Waals surface area contributed by atoms with Crippen molar-refractivity contribution in [3.05, 3.63) is 47.8 Å². The maximum atomic E-state index is 12.7. The molecule has 0 saturated carbocycles. The van der Waals surface area contributed by atoms with Gasteiger partial charge < -0.3 is 15.9 Å². The Morgan fingerprint density at radius 3 is 2.81 bits per heavy atom. The number of H-pyrrole nitrogens is 1. The number of para-hydroxylation sites is 2.